The minimum atomic E-state index is -0.777. The van der Waals surface area contributed by atoms with Crippen molar-refractivity contribution < 1.29 is 14.7 Å². The van der Waals surface area contributed by atoms with Crippen molar-refractivity contribution in [2.75, 3.05) is 0 Å². The Kier molecular flexibility index (Phi) is 7.01. The highest BCUT2D eigenvalue weighted by Crippen LogP contribution is 2.27. The predicted molar refractivity (Wildman–Crippen MR) is 104 cm³/mol. The number of carbonyl (C=O) groups is 2. The van der Waals surface area contributed by atoms with E-state index < -0.39 is 5.97 Å². The lowest BCUT2D eigenvalue weighted by Crippen LogP contribution is -2.42. The van der Waals surface area contributed by atoms with Gasteiger partial charge in [-0.1, -0.05) is 18.2 Å². The molecule has 1 aliphatic carbocycles. The summed E-state index contributed by atoms with van der Waals surface area (Å²) in [6.07, 6.45) is 6.38. The van der Waals surface area contributed by atoms with Crippen molar-refractivity contribution in [1.82, 2.24) is 4.90 Å². The summed E-state index contributed by atoms with van der Waals surface area (Å²) in [5, 5.41) is 9.01. The number of carbonyl (C=O) groups excluding carboxylic acids is 1. The quantitative estimate of drug-likeness (QED) is 0.770. The Morgan fingerprint density at radius 1 is 1.12 bits per heavy atom. The Balaban J connectivity index is 1.92. The number of benzene rings is 1. The van der Waals surface area contributed by atoms with Gasteiger partial charge in [-0.3, -0.25) is 4.79 Å². The standard InChI is InChI=1S/C22H31NO3/c1-15(2)23(16(3)4)21(24)19-11-7-17(8-12-19)5-6-18-9-13-20(14-10-18)22(25)26/h7-8,11-13,15-16,18H,5-6,9-10,14H2,1-4H3,(H,25,26). The van der Waals surface area contributed by atoms with Crippen molar-refractivity contribution in [2.24, 2.45) is 5.92 Å². The zero-order chi connectivity index (χ0) is 19.3. The predicted octanol–water partition coefficient (Wildman–Crippen LogP) is 4.69. The number of carboxylic acid groups (broad SMARTS) is 1. The van der Waals surface area contributed by atoms with Crippen molar-refractivity contribution in [1.29, 1.82) is 0 Å². The number of hydrogen-bond acceptors (Lipinski definition) is 2. The summed E-state index contributed by atoms with van der Waals surface area (Å²) in [5.41, 5.74) is 2.53. The molecule has 2 rings (SSSR count). The highest BCUT2D eigenvalue weighted by molar-refractivity contribution is 5.94. The fourth-order valence-electron chi connectivity index (χ4n) is 3.74. The van der Waals surface area contributed by atoms with E-state index in [4.69, 9.17) is 5.11 Å². The molecule has 0 bridgehead atoms. The van der Waals surface area contributed by atoms with Gasteiger partial charge >= 0.3 is 5.97 Å². The van der Waals surface area contributed by atoms with Crippen LogP contribution in [0.3, 0.4) is 0 Å². The van der Waals surface area contributed by atoms with E-state index in [9.17, 15) is 9.59 Å². The molecule has 1 unspecified atom stereocenters. The molecule has 1 aliphatic rings. The first-order chi connectivity index (χ1) is 12.3. The Morgan fingerprint density at radius 2 is 1.73 bits per heavy atom. The van der Waals surface area contributed by atoms with Crippen LogP contribution < -0.4 is 0 Å². The number of nitrogens with zero attached hydrogens (tertiary/aromatic N) is 1. The largest absolute Gasteiger partial charge is 0.478 e. The zero-order valence-corrected chi connectivity index (χ0v) is 16.4. The molecular formula is C22H31NO3. The lowest BCUT2D eigenvalue weighted by molar-refractivity contribution is -0.132. The average Bonchev–Trinajstić information content (AvgIpc) is 2.60. The average molecular weight is 357 g/mol. The van der Waals surface area contributed by atoms with Gasteiger partial charge in [0, 0.05) is 23.2 Å². The highest BCUT2D eigenvalue weighted by atomic mass is 16.4. The minimum Gasteiger partial charge on any atom is -0.478 e. The molecule has 1 aromatic rings. The molecule has 4 nitrogen and oxygen atoms in total. The van der Waals surface area contributed by atoms with Crippen LogP contribution in [0, 0.1) is 5.92 Å². The first-order valence-electron chi connectivity index (χ1n) is 9.63. The number of carboxylic acids is 1. The third-order valence-corrected chi connectivity index (χ3v) is 5.18. The summed E-state index contributed by atoms with van der Waals surface area (Å²) >= 11 is 0. The Labute approximate surface area is 156 Å². The van der Waals surface area contributed by atoms with Crippen LogP contribution in [0.2, 0.25) is 0 Å². The van der Waals surface area contributed by atoms with Crippen LogP contribution in [0.15, 0.2) is 35.9 Å². The lowest BCUT2D eigenvalue weighted by atomic mass is 9.85. The maximum Gasteiger partial charge on any atom is 0.331 e. The summed E-state index contributed by atoms with van der Waals surface area (Å²) < 4.78 is 0. The normalized spacial score (nSPS) is 17.3. The van der Waals surface area contributed by atoms with Crippen molar-refractivity contribution in [3.05, 3.63) is 47.0 Å². The van der Waals surface area contributed by atoms with Crippen LogP contribution in [0.25, 0.3) is 0 Å². The van der Waals surface area contributed by atoms with Gasteiger partial charge in [0.1, 0.15) is 0 Å². The second kappa shape index (κ2) is 9.02. The smallest absolute Gasteiger partial charge is 0.331 e. The van der Waals surface area contributed by atoms with Crippen LogP contribution >= 0.6 is 0 Å². The fourth-order valence-corrected chi connectivity index (χ4v) is 3.74. The van der Waals surface area contributed by atoms with Gasteiger partial charge in [-0.05, 0) is 83.4 Å². The topological polar surface area (TPSA) is 57.6 Å². The minimum absolute atomic E-state index is 0.0835. The van der Waals surface area contributed by atoms with E-state index in [1.165, 1.54) is 5.56 Å². The third kappa shape index (κ3) is 5.20. The van der Waals surface area contributed by atoms with Crippen molar-refractivity contribution >= 4 is 11.9 Å². The molecule has 0 spiro atoms. The third-order valence-electron chi connectivity index (χ3n) is 5.18. The number of rotatable bonds is 7. The molecule has 0 fully saturated rings. The second-order valence-electron chi connectivity index (χ2n) is 7.81. The Bertz CT molecular complexity index is 650. The maximum absolute atomic E-state index is 12.7. The van der Waals surface area contributed by atoms with E-state index in [1.807, 2.05) is 62.9 Å². The Hall–Kier alpha value is -2.10. The van der Waals surface area contributed by atoms with Crippen LogP contribution in [-0.2, 0) is 11.2 Å². The lowest BCUT2D eigenvalue weighted by Gasteiger charge is -2.31. The zero-order valence-electron chi connectivity index (χ0n) is 16.4. The fraction of sp³-hybridized carbons (Fsp3) is 0.545. The van der Waals surface area contributed by atoms with E-state index in [-0.39, 0.29) is 18.0 Å². The van der Waals surface area contributed by atoms with Crippen LogP contribution in [-0.4, -0.2) is 34.0 Å². The molecule has 1 amide bonds. The molecule has 0 heterocycles. The van der Waals surface area contributed by atoms with Crippen molar-refractivity contribution in [3.63, 3.8) is 0 Å². The highest BCUT2D eigenvalue weighted by Gasteiger charge is 2.21. The van der Waals surface area contributed by atoms with Gasteiger partial charge in [0.25, 0.3) is 5.91 Å². The van der Waals surface area contributed by atoms with Gasteiger partial charge in [0.05, 0.1) is 0 Å². The van der Waals surface area contributed by atoms with Gasteiger partial charge in [-0.25, -0.2) is 4.79 Å². The monoisotopic (exact) mass is 357 g/mol. The molecule has 1 N–H and O–H groups in total. The van der Waals surface area contributed by atoms with E-state index in [0.29, 0.717) is 17.9 Å². The van der Waals surface area contributed by atoms with Gasteiger partial charge in [-0.2, -0.15) is 0 Å². The first-order valence-corrected chi connectivity index (χ1v) is 9.63. The van der Waals surface area contributed by atoms with Crippen molar-refractivity contribution in [3.8, 4) is 0 Å². The van der Waals surface area contributed by atoms with Gasteiger partial charge in [0.15, 0.2) is 0 Å². The molecule has 0 saturated heterocycles. The Morgan fingerprint density at radius 3 is 2.19 bits per heavy atom. The maximum atomic E-state index is 12.7. The molecule has 1 aromatic carbocycles. The molecule has 0 aliphatic heterocycles. The molecule has 142 valence electrons. The van der Waals surface area contributed by atoms with Crippen LogP contribution in [0.4, 0.5) is 0 Å². The number of hydrogen-bond donors (Lipinski definition) is 1. The van der Waals surface area contributed by atoms with Gasteiger partial charge in [0.2, 0.25) is 0 Å². The van der Waals surface area contributed by atoms with Crippen LogP contribution in [0.1, 0.15) is 69.3 Å². The number of amides is 1. The van der Waals surface area contributed by atoms with Crippen molar-refractivity contribution in [2.45, 2.75) is 71.9 Å². The van der Waals surface area contributed by atoms with E-state index >= 15 is 0 Å². The van der Waals surface area contributed by atoms with Gasteiger partial charge in [-0.15, -0.1) is 0 Å². The van der Waals surface area contributed by atoms with E-state index in [2.05, 4.69) is 0 Å². The molecule has 0 radical (unpaired) electrons. The molecule has 26 heavy (non-hydrogen) atoms. The summed E-state index contributed by atoms with van der Waals surface area (Å²) in [6, 6.07) is 8.31. The SMILES string of the molecule is CC(C)N(C(=O)c1ccc(CCC2CC=C(C(=O)O)CC2)cc1)C(C)C. The van der Waals surface area contributed by atoms with E-state index in [0.717, 1.165) is 31.2 Å². The number of allylic oxidation sites excluding steroid dienone is 1. The summed E-state index contributed by atoms with van der Waals surface area (Å²) in [5.74, 6) is -0.141. The summed E-state index contributed by atoms with van der Waals surface area (Å²) in [6.45, 7) is 8.17. The number of aryl methyl sites for hydroxylation is 1. The van der Waals surface area contributed by atoms with Gasteiger partial charge < -0.3 is 10.0 Å². The molecule has 4 heteroatoms. The first kappa shape index (κ1) is 20.2. The summed E-state index contributed by atoms with van der Waals surface area (Å²) in [4.78, 5) is 25.6. The second-order valence-corrected chi connectivity index (χ2v) is 7.81. The van der Waals surface area contributed by atoms with E-state index in [1.54, 1.807) is 0 Å². The molecule has 0 aromatic heterocycles. The summed E-state index contributed by atoms with van der Waals surface area (Å²) in [7, 11) is 0. The molecular weight excluding hydrogens is 326 g/mol. The molecule has 1 atom stereocenters. The van der Waals surface area contributed by atoms with Crippen LogP contribution in [0.5, 0.6) is 0 Å². The number of aliphatic carboxylic acids is 1. The molecule has 0 saturated carbocycles.